The number of hydrogen-bond donors (Lipinski definition) is 0. The number of benzene rings is 1. The summed E-state index contributed by atoms with van der Waals surface area (Å²) < 4.78 is 13.6. The highest BCUT2D eigenvalue weighted by Crippen LogP contribution is 2.21. The molecule has 90 valence electrons. The molecule has 0 unspecified atom stereocenters. The summed E-state index contributed by atoms with van der Waals surface area (Å²) in [7, 11) is 0. The third kappa shape index (κ3) is 3.36. The molecule has 0 aliphatic rings. The van der Waals surface area contributed by atoms with Crippen LogP contribution in [-0.2, 0) is 5.33 Å². The molecule has 0 saturated heterocycles. The van der Waals surface area contributed by atoms with Gasteiger partial charge in [0.25, 0.3) is 0 Å². The number of nitrogens with zero attached hydrogens (tertiary/aromatic N) is 1. The fraction of sp³-hybridized carbons (Fsp3) is 0.154. The average molecular weight is 361 g/mol. The van der Waals surface area contributed by atoms with Gasteiger partial charge in [-0.3, -0.25) is 4.98 Å². The van der Waals surface area contributed by atoms with Crippen LogP contribution in [0.15, 0.2) is 36.4 Å². The summed E-state index contributed by atoms with van der Waals surface area (Å²) >= 11 is 3.25. The molecule has 0 aliphatic heterocycles. The second-order valence-electron chi connectivity index (χ2n) is 3.60. The molecule has 2 rings (SSSR count). The Kier molecular flexibility index (Phi) is 5.28. The molecule has 0 bridgehead atoms. The predicted molar refractivity (Wildman–Crippen MR) is 77.3 cm³/mol. The van der Waals surface area contributed by atoms with Crippen LogP contribution in [0.3, 0.4) is 0 Å². The van der Waals surface area contributed by atoms with Gasteiger partial charge in [0, 0.05) is 16.6 Å². The van der Waals surface area contributed by atoms with E-state index in [1.165, 1.54) is 6.07 Å². The summed E-state index contributed by atoms with van der Waals surface area (Å²) in [6.07, 6.45) is 0. The van der Waals surface area contributed by atoms with Crippen LogP contribution in [0, 0.1) is 12.7 Å². The maximum Gasteiger partial charge on any atom is 0.127 e. The Morgan fingerprint density at radius 3 is 2.59 bits per heavy atom. The van der Waals surface area contributed by atoms with Gasteiger partial charge in [0.2, 0.25) is 0 Å². The molecule has 0 saturated carbocycles. The Morgan fingerprint density at radius 2 is 2.00 bits per heavy atom. The maximum atomic E-state index is 13.6. The lowest BCUT2D eigenvalue weighted by atomic mass is 10.1. The molecule has 0 aliphatic carbocycles. The summed E-state index contributed by atoms with van der Waals surface area (Å²) in [4.78, 5) is 4.36. The van der Waals surface area contributed by atoms with Crippen LogP contribution in [0.5, 0.6) is 0 Å². The molecule has 0 amide bonds. The average Bonchev–Trinajstić information content (AvgIpc) is 2.29. The Labute approximate surface area is 119 Å². The number of pyridine rings is 1. The zero-order valence-electron chi connectivity index (χ0n) is 9.28. The summed E-state index contributed by atoms with van der Waals surface area (Å²) in [6.45, 7) is 1.92. The van der Waals surface area contributed by atoms with Crippen molar-refractivity contribution < 1.29 is 4.39 Å². The van der Waals surface area contributed by atoms with Crippen molar-refractivity contribution in [1.29, 1.82) is 0 Å². The first kappa shape index (κ1) is 14.3. The summed E-state index contributed by atoms with van der Waals surface area (Å²) in [5, 5.41) is 0.528. The van der Waals surface area contributed by atoms with Gasteiger partial charge in [-0.2, -0.15) is 0 Å². The van der Waals surface area contributed by atoms with Gasteiger partial charge in [0.15, 0.2) is 0 Å². The first-order valence-electron chi connectivity index (χ1n) is 4.99. The lowest BCUT2D eigenvalue weighted by Crippen LogP contribution is -1.90. The number of aromatic nitrogens is 1. The second kappa shape index (κ2) is 6.26. The normalized spacial score (nSPS) is 9.82. The Hall–Kier alpha value is -0.740. The number of halogens is 3. The van der Waals surface area contributed by atoms with Crippen LogP contribution in [0.25, 0.3) is 11.3 Å². The van der Waals surface area contributed by atoms with Crippen LogP contribution < -0.4 is 0 Å². The van der Waals surface area contributed by atoms with Crippen LogP contribution in [0.2, 0.25) is 0 Å². The predicted octanol–water partition coefficient (Wildman–Crippen LogP) is 4.67. The lowest BCUT2D eigenvalue weighted by molar-refractivity contribution is 0.618. The Bertz CT molecular complexity index is 515. The van der Waals surface area contributed by atoms with E-state index in [1.54, 1.807) is 6.07 Å². The summed E-state index contributed by atoms with van der Waals surface area (Å²) in [6, 6.07) is 10.9. The molecule has 1 aromatic heterocycles. The van der Waals surface area contributed by atoms with Crippen molar-refractivity contribution in [1.82, 2.24) is 4.98 Å². The summed E-state index contributed by atoms with van der Waals surface area (Å²) in [5.74, 6) is -0.197. The van der Waals surface area contributed by atoms with Gasteiger partial charge in [-0.25, -0.2) is 4.39 Å². The van der Waals surface area contributed by atoms with Crippen LogP contribution in [-0.4, -0.2) is 4.98 Å². The molecule has 0 N–H and O–H groups in total. The highest BCUT2D eigenvalue weighted by atomic mass is 79.9. The minimum atomic E-state index is -0.197. The van der Waals surface area contributed by atoms with Crippen LogP contribution in [0.1, 0.15) is 11.3 Å². The quantitative estimate of drug-likeness (QED) is 0.709. The van der Waals surface area contributed by atoms with Crippen molar-refractivity contribution in [2.45, 2.75) is 12.3 Å². The first-order chi connectivity index (χ1) is 7.70. The van der Waals surface area contributed by atoms with Gasteiger partial charge in [-0.1, -0.05) is 34.1 Å². The third-order valence-corrected chi connectivity index (χ3v) is 2.99. The van der Waals surface area contributed by atoms with Crippen molar-refractivity contribution in [2.24, 2.45) is 0 Å². The fourth-order valence-electron chi connectivity index (χ4n) is 1.52. The molecule has 4 heteroatoms. The van der Waals surface area contributed by atoms with Crippen LogP contribution in [0.4, 0.5) is 4.39 Å². The number of aryl methyl sites for hydroxylation is 1. The van der Waals surface area contributed by atoms with Gasteiger partial charge in [0.1, 0.15) is 5.82 Å². The van der Waals surface area contributed by atoms with E-state index in [4.69, 9.17) is 0 Å². The lowest BCUT2D eigenvalue weighted by Gasteiger charge is -2.04. The van der Waals surface area contributed by atoms with E-state index in [2.05, 4.69) is 20.9 Å². The molecule has 0 radical (unpaired) electrons. The number of rotatable bonds is 2. The van der Waals surface area contributed by atoms with E-state index in [9.17, 15) is 4.39 Å². The van der Waals surface area contributed by atoms with E-state index in [0.717, 1.165) is 17.0 Å². The minimum absolute atomic E-state index is 0. The zero-order chi connectivity index (χ0) is 11.5. The van der Waals surface area contributed by atoms with Gasteiger partial charge < -0.3 is 0 Å². The molecular formula is C13H12Br2FN. The van der Waals surface area contributed by atoms with Gasteiger partial charge in [-0.05, 0) is 30.7 Å². The van der Waals surface area contributed by atoms with E-state index in [-0.39, 0.29) is 22.8 Å². The third-order valence-electron chi connectivity index (χ3n) is 2.38. The van der Waals surface area contributed by atoms with Crippen molar-refractivity contribution in [3.8, 4) is 11.3 Å². The molecule has 2 aromatic rings. The second-order valence-corrected chi connectivity index (χ2v) is 4.16. The largest absolute Gasteiger partial charge is 0.253 e. The molecule has 0 spiro atoms. The number of alkyl halides is 1. The number of hydrogen-bond acceptors (Lipinski definition) is 1. The van der Waals surface area contributed by atoms with Gasteiger partial charge in [-0.15, -0.1) is 17.0 Å². The first-order valence-corrected chi connectivity index (χ1v) is 6.11. The van der Waals surface area contributed by atoms with Gasteiger partial charge >= 0.3 is 0 Å². The van der Waals surface area contributed by atoms with Crippen molar-refractivity contribution in [3.63, 3.8) is 0 Å². The molecule has 1 aromatic carbocycles. The summed E-state index contributed by atoms with van der Waals surface area (Å²) in [5.41, 5.74) is 3.21. The molecule has 17 heavy (non-hydrogen) atoms. The van der Waals surface area contributed by atoms with E-state index in [1.807, 2.05) is 31.2 Å². The van der Waals surface area contributed by atoms with Crippen molar-refractivity contribution >= 4 is 32.9 Å². The fourth-order valence-corrected chi connectivity index (χ4v) is 1.97. The maximum absolute atomic E-state index is 13.6. The topological polar surface area (TPSA) is 12.9 Å². The van der Waals surface area contributed by atoms with E-state index < -0.39 is 0 Å². The zero-order valence-corrected chi connectivity index (χ0v) is 12.6. The highest BCUT2D eigenvalue weighted by Gasteiger charge is 2.04. The van der Waals surface area contributed by atoms with Crippen LogP contribution >= 0.6 is 32.9 Å². The molecule has 0 atom stereocenters. The SMILES string of the molecule is Br.Cc1cccc(-c2ccc(CBr)c(F)c2)n1. The minimum Gasteiger partial charge on any atom is -0.253 e. The van der Waals surface area contributed by atoms with E-state index >= 15 is 0 Å². The molecule has 1 nitrogen and oxygen atoms in total. The molecule has 0 fully saturated rings. The Balaban J connectivity index is 0.00000144. The van der Waals surface area contributed by atoms with Crippen molar-refractivity contribution in [3.05, 3.63) is 53.5 Å². The van der Waals surface area contributed by atoms with E-state index in [0.29, 0.717) is 10.9 Å². The van der Waals surface area contributed by atoms with Crippen molar-refractivity contribution in [2.75, 3.05) is 0 Å². The Morgan fingerprint density at radius 1 is 1.24 bits per heavy atom. The molecular weight excluding hydrogens is 349 g/mol. The molecule has 1 heterocycles. The standard InChI is InChI=1S/C13H11BrFN.BrH/c1-9-3-2-4-13(16-9)10-5-6-11(8-14)12(15)7-10;/h2-7H,8H2,1H3;1H. The van der Waals surface area contributed by atoms with Gasteiger partial charge in [0.05, 0.1) is 5.69 Å². The smallest absolute Gasteiger partial charge is 0.127 e. The monoisotopic (exact) mass is 359 g/mol. The highest BCUT2D eigenvalue weighted by molar-refractivity contribution is 9.08.